The van der Waals surface area contributed by atoms with Gasteiger partial charge in [-0.05, 0) is 43.5 Å². The van der Waals surface area contributed by atoms with E-state index in [0.29, 0.717) is 25.3 Å². The van der Waals surface area contributed by atoms with E-state index in [2.05, 4.69) is 30.4 Å². The molecule has 5 nitrogen and oxygen atoms in total. The number of ether oxygens (including phenoxy) is 1. The Morgan fingerprint density at radius 2 is 1.83 bits per heavy atom. The van der Waals surface area contributed by atoms with Crippen LogP contribution in [0.15, 0.2) is 48.5 Å². The molecular weight excluding hydrogens is 396 g/mol. The zero-order valence-corrected chi connectivity index (χ0v) is 19.1. The highest BCUT2D eigenvalue weighted by Crippen LogP contribution is 2.19. The van der Waals surface area contributed by atoms with E-state index in [0.717, 1.165) is 17.1 Å². The number of methoxy groups -OCH3 is 1. The molecule has 0 aliphatic carbocycles. The largest absolute Gasteiger partial charge is 0.497 e. The van der Waals surface area contributed by atoms with Crippen LogP contribution in [0.25, 0.3) is 0 Å². The van der Waals surface area contributed by atoms with Gasteiger partial charge in [-0.25, -0.2) is 0 Å². The molecule has 0 aliphatic heterocycles. The zero-order valence-electron chi connectivity index (χ0n) is 18.3. The molecule has 2 rings (SSSR count). The van der Waals surface area contributed by atoms with E-state index in [4.69, 9.17) is 4.74 Å². The van der Waals surface area contributed by atoms with E-state index in [1.54, 1.807) is 23.8 Å². The average Bonchev–Trinajstić information content (AvgIpc) is 2.74. The van der Waals surface area contributed by atoms with Gasteiger partial charge >= 0.3 is 0 Å². The normalized spacial score (nSPS) is 11.6. The second kappa shape index (κ2) is 12.3. The maximum Gasteiger partial charge on any atom is 0.242 e. The molecule has 0 aromatic heterocycles. The van der Waals surface area contributed by atoms with E-state index in [1.807, 2.05) is 44.2 Å². The molecule has 2 amide bonds. The monoisotopic (exact) mass is 428 g/mol. The average molecular weight is 429 g/mol. The maximum atomic E-state index is 13.1. The topological polar surface area (TPSA) is 58.6 Å². The van der Waals surface area contributed by atoms with Crippen LogP contribution in [0.5, 0.6) is 5.75 Å². The molecule has 0 spiro atoms. The first-order valence-corrected chi connectivity index (χ1v) is 11.5. The lowest BCUT2D eigenvalue weighted by molar-refractivity contribution is -0.139. The lowest BCUT2D eigenvalue weighted by Gasteiger charge is -2.30. The number of likely N-dealkylation sites (N-methyl/N-ethyl adjacent to an activating group) is 1. The molecule has 1 unspecified atom stereocenters. The van der Waals surface area contributed by atoms with Crippen molar-refractivity contribution in [3.63, 3.8) is 0 Å². The van der Waals surface area contributed by atoms with Crippen LogP contribution in [0.3, 0.4) is 0 Å². The Labute approximate surface area is 184 Å². The molecule has 30 heavy (non-hydrogen) atoms. The van der Waals surface area contributed by atoms with Crippen LogP contribution in [0, 0.1) is 6.92 Å². The molecule has 0 radical (unpaired) electrons. The van der Waals surface area contributed by atoms with E-state index in [1.165, 1.54) is 11.1 Å². The number of nitrogens with one attached hydrogen (secondary N) is 1. The highest BCUT2D eigenvalue weighted by molar-refractivity contribution is 7.99. The lowest BCUT2D eigenvalue weighted by Crippen LogP contribution is -2.49. The fourth-order valence-corrected chi connectivity index (χ4v) is 4.14. The number of carbonyl (C=O) groups excluding carboxylic acids is 2. The third-order valence-corrected chi connectivity index (χ3v) is 5.81. The van der Waals surface area contributed by atoms with Gasteiger partial charge in [0.15, 0.2) is 0 Å². The summed E-state index contributed by atoms with van der Waals surface area (Å²) in [5, 5.41) is 2.86. The van der Waals surface area contributed by atoms with Crippen molar-refractivity contribution < 1.29 is 14.3 Å². The molecular formula is C24H32N2O3S. The summed E-state index contributed by atoms with van der Waals surface area (Å²) in [5.41, 5.74) is 3.38. The van der Waals surface area contributed by atoms with Crippen LogP contribution >= 0.6 is 11.8 Å². The summed E-state index contributed by atoms with van der Waals surface area (Å²) in [5.74, 6) is 1.73. The third-order valence-electron chi connectivity index (χ3n) is 4.83. The third kappa shape index (κ3) is 7.10. The van der Waals surface area contributed by atoms with Crippen LogP contribution < -0.4 is 10.1 Å². The summed E-state index contributed by atoms with van der Waals surface area (Å²) < 4.78 is 5.22. The van der Waals surface area contributed by atoms with Gasteiger partial charge in [0.05, 0.1) is 12.9 Å². The predicted octanol–water partition coefficient (Wildman–Crippen LogP) is 4.18. The van der Waals surface area contributed by atoms with Crippen molar-refractivity contribution in [1.29, 1.82) is 0 Å². The number of carbonyl (C=O) groups is 2. The Balaban J connectivity index is 2.11. The number of hydrogen-bond acceptors (Lipinski definition) is 4. The molecule has 0 fully saturated rings. The van der Waals surface area contributed by atoms with Gasteiger partial charge in [-0.15, -0.1) is 11.8 Å². The standard InChI is InChI=1S/C24H32N2O3S/c1-5-22(24(28)25-6-2)26(15-19-10-12-21(29-4)13-11-19)23(27)17-30-16-20-9-7-8-18(3)14-20/h7-14,22H,5-6,15-17H2,1-4H3,(H,25,28). The molecule has 0 saturated carbocycles. The number of thioether (sulfide) groups is 1. The van der Waals surface area contributed by atoms with Crippen molar-refractivity contribution in [2.45, 2.75) is 45.5 Å². The first-order valence-electron chi connectivity index (χ1n) is 10.3. The van der Waals surface area contributed by atoms with Crippen molar-refractivity contribution in [3.05, 3.63) is 65.2 Å². The first-order chi connectivity index (χ1) is 14.5. The Hall–Kier alpha value is -2.47. The number of aryl methyl sites for hydroxylation is 1. The minimum atomic E-state index is -0.487. The minimum absolute atomic E-state index is 0.0263. The Morgan fingerprint density at radius 1 is 1.10 bits per heavy atom. The number of benzene rings is 2. The molecule has 0 heterocycles. The van der Waals surface area contributed by atoms with E-state index < -0.39 is 6.04 Å². The molecule has 0 saturated heterocycles. The van der Waals surface area contributed by atoms with Gasteiger partial charge in [0.25, 0.3) is 0 Å². The number of nitrogens with zero attached hydrogens (tertiary/aromatic N) is 1. The molecule has 2 aromatic carbocycles. The van der Waals surface area contributed by atoms with Crippen LogP contribution in [0.2, 0.25) is 0 Å². The smallest absolute Gasteiger partial charge is 0.242 e. The Kier molecular flexibility index (Phi) is 9.74. The predicted molar refractivity (Wildman–Crippen MR) is 124 cm³/mol. The Morgan fingerprint density at radius 3 is 2.43 bits per heavy atom. The van der Waals surface area contributed by atoms with Gasteiger partial charge < -0.3 is 15.0 Å². The van der Waals surface area contributed by atoms with Gasteiger partial charge in [-0.3, -0.25) is 9.59 Å². The van der Waals surface area contributed by atoms with Gasteiger partial charge in [-0.1, -0.05) is 48.9 Å². The molecule has 162 valence electrons. The summed E-state index contributed by atoms with van der Waals surface area (Å²) in [7, 11) is 1.62. The first kappa shape index (κ1) is 23.8. The summed E-state index contributed by atoms with van der Waals surface area (Å²) in [6.07, 6.45) is 0.566. The fraction of sp³-hybridized carbons (Fsp3) is 0.417. The van der Waals surface area contributed by atoms with Gasteiger partial charge in [0.2, 0.25) is 11.8 Å². The van der Waals surface area contributed by atoms with E-state index >= 15 is 0 Å². The highest BCUT2D eigenvalue weighted by Gasteiger charge is 2.28. The van der Waals surface area contributed by atoms with Crippen molar-refractivity contribution >= 4 is 23.6 Å². The van der Waals surface area contributed by atoms with Crippen molar-refractivity contribution in [3.8, 4) is 5.75 Å². The van der Waals surface area contributed by atoms with Gasteiger partial charge in [0.1, 0.15) is 11.8 Å². The van der Waals surface area contributed by atoms with Crippen LogP contribution in [0.1, 0.15) is 37.0 Å². The molecule has 2 aromatic rings. The SMILES string of the molecule is CCNC(=O)C(CC)N(Cc1ccc(OC)cc1)C(=O)CSCc1cccc(C)c1. The fourth-order valence-electron chi connectivity index (χ4n) is 3.28. The lowest BCUT2D eigenvalue weighted by atomic mass is 10.1. The second-order valence-corrected chi connectivity index (χ2v) is 8.16. The highest BCUT2D eigenvalue weighted by atomic mass is 32.2. The summed E-state index contributed by atoms with van der Waals surface area (Å²) >= 11 is 1.58. The maximum absolute atomic E-state index is 13.1. The summed E-state index contributed by atoms with van der Waals surface area (Å²) in [6, 6.07) is 15.4. The van der Waals surface area contributed by atoms with Gasteiger partial charge in [0, 0.05) is 18.8 Å². The van der Waals surface area contributed by atoms with Crippen molar-refractivity contribution in [2.75, 3.05) is 19.4 Å². The van der Waals surface area contributed by atoms with Crippen LogP contribution in [-0.2, 0) is 21.9 Å². The second-order valence-electron chi connectivity index (χ2n) is 7.17. The molecule has 1 atom stereocenters. The van der Waals surface area contributed by atoms with Gasteiger partial charge in [-0.2, -0.15) is 0 Å². The molecule has 6 heteroatoms. The van der Waals surface area contributed by atoms with Crippen molar-refractivity contribution in [2.24, 2.45) is 0 Å². The Bertz CT molecular complexity index is 823. The quantitative estimate of drug-likeness (QED) is 0.583. The number of hydrogen-bond donors (Lipinski definition) is 1. The molecule has 0 bridgehead atoms. The van der Waals surface area contributed by atoms with Crippen molar-refractivity contribution in [1.82, 2.24) is 10.2 Å². The van der Waals surface area contributed by atoms with E-state index in [-0.39, 0.29) is 11.8 Å². The van der Waals surface area contributed by atoms with E-state index in [9.17, 15) is 9.59 Å². The summed E-state index contributed by atoms with van der Waals surface area (Å²) in [6.45, 7) is 6.83. The van der Waals surface area contributed by atoms with Crippen LogP contribution in [-0.4, -0.2) is 42.2 Å². The minimum Gasteiger partial charge on any atom is -0.497 e. The zero-order chi connectivity index (χ0) is 21.9. The molecule has 0 aliphatic rings. The molecule has 1 N–H and O–H groups in total. The summed E-state index contributed by atoms with van der Waals surface area (Å²) in [4.78, 5) is 27.5. The number of rotatable bonds is 11. The van der Waals surface area contributed by atoms with Crippen LogP contribution in [0.4, 0.5) is 0 Å². The number of amides is 2.